The first-order chi connectivity index (χ1) is 14.1. The standard InChI is InChI=1S/C23H31N3O3/c1-4-29-22-8-6-5-7-20(22)24-23(27)17-26-13-11-25(12-14-26)16-19-15-18(2)9-10-21(19)28-3/h5-10,15H,4,11-14,16-17H2,1-3H3,(H,24,27). The fraction of sp³-hybridized carbons (Fsp3) is 0.435. The Hall–Kier alpha value is -2.57. The van der Waals surface area contributed by atoms with Crippen LogP contribution in [0.3, 0.4) is 0 Å². The number of carbonyl (C=O) groups excluding carboxylic acids is 1. The summed E-state index contributed by atoms with van der Waals surface area (Å²) >= 11 is 0. The SMILES string of the molecule is CCOc1ccccc1NC(=O)CN1CCN(Cc2cc(C)ccc2OC)CC1. The zero-order chi connectivity index (χ0) is 20.6. The number of ether oxygens (including phenoxy) is 2. The van der Waals surface area contributed by atoms with Gasteiger partial charge in [0.2, 0.25) is 5.91 Å². The molecule has 0 aliphatic carbocycles. The Bertz CT molecular complexity index is 817. The third kappa shape index (κ3) is 5.95. The Balaban J connectivity index is 1.49. The molecule has 2 aromatic carbocycles. The van der Waals surface area contributed by atoms with E-state index in [-0.39, 0.29) is 5.91 Å². The molecule has 6 nitrogen and oxygen atoms in total. The number of amides is 1. The van der Waals surface area contributed by atoms with Crippen LogP contribution in [0, 0.1) is 6.92 Å². The Morgan fingerprint density at radius 3 is 2.48 bits per heavy atom. The van der Waals surface area contributed by atoms with E-state index in [2.05, 4.69) is 34.2 Å². The van der Waals surface area contributed by atoms with Crippen LogP contribution >= 0.6 is 0 Å². The second-order valence-electron chi connectivity index (χ2n) is 7.34. The molecule has 1 aliphatic rings. The molecule has 1 N–H and O–H groups in total. The number of hydrogen-bond acceptors (Lipinski definition) is 5. The van der Waals surface area contributed by atoms with Crippen molar-refractivity contribution < 1.29 is 14.3 Å². The van der Waals surface area contributed by atoms with Crippen LogP contribution in [0.4, 0.5) is 5.69 Å². The Morgan fingerprint density at radius 2 is 1.76 bits per heavy atom. The summed E-state index contributed by atoms with van der Waals surface area (Å²) in [4.78, 5) is 17.1. The molecule has 0 saturated carbocycles. The van der Waals surface area contributed by atoms with Crippen molar-refractivity contribution in [2.24, 2.45) is 0 Å². The minimum atomic E-state index is -0.00837. The van der Waals surface area contributed by atoms with Gasteiger partial charge in [-0.05, 0) is 32.0 Å². The van der Waals surface area contributed by atoms with Gasteiger partial charge in [0.05, 0.1) is 25.9 Å². The molecular weight excluding hydrogens is 366 g/mol. The highest BCUT2D eigenvalue weighted by Crippen LogP contribution is 2.24. The molecule has 1 saturated heterocycles. The van der Waals surface area contributed by atoms with Crippen LogP contribution in [-0.2, 0) is 11.3 Å². The van der Waals surface area contributed by atoms with Gasteiger partial charge >= 0.3 is 0 Å². The van der Waals surface area contributed by atoms with E-state index in [0.717, 1.165) is 44.2 Å². The number of aryl methyl sites for hydroxylation is 1. The predicted molar refractivity (Wildman–Crippen MR) is 116 cm³/mol. The third-order valence-corrected chi connectivity index (χ3v) is 5.12. The molecule has 1 heterocycles. The summed E-state index contributed by atoms with van der Waals surface area (Å²) in [5.41, 5.74) is 3.18. The van der Waals surface area contributed by atoms with Gasteiger partial charge in [-0.15, -0.1) is 0 Å². The van der Waals surface area contributed by atoms with Crippen molar-refractivity contribution in [1.82, 2.24) is 9.80 Å². The van der Waals surface area contributed by atoms with E-state index in [1.54, 1.807) is 7.11 Å². The molecule has 0 aromatic heterocycles. The van der Waals surface area contributed by atoms with E-state index in [9.17, 15) is 4.79 Å². The topological polar surface area (TPSA) is 54.0 Å². The molecule has 0 atom stereocenters. The average Bonchev–Trinajstić information content (AvgIpc) is 2.71. The van der Waals surface area contributed by atoms with E-state index >= 15 is 0 Å². The molecule has 0 unspecified atom stereocenters. The summed E-state index contributed by atoms with van der Waals surface area (Å²) in [6.07, 6.45) is 0. The molecule has 2 aromatic rings. The highest BCUT2D eigenvalue weighted by Gasteiger charge is 2.20. The molecular formula is C23H31N3O3. The monoisotopic (exact) mass is 397 g/mol. The largest absolute Gasteiger partial charge is 0.496 e. The van der Waals surface area contributed by atoms with Crippen LogP contribution in [0.25, 0.3) is 0 Å². The maximum Gasteiger partial charge on any atom is 0.238 e. The molecule has 0 radical (unpaired) electrons. The van der Waals surface area contributed by atoms with Crippen molar-refractivity contribution in [2.45, 2.75) is 20.4 Å². The van der Waals surface area contributed by atoms with Crippen LogP contribution in [0.2, 0.25) is 0 Å². The molecule has 156 valence electrons. The van der Waals surface area contributed by atoms with Crippen LogP contribution in [0.5, 0.6) is 11.5 Å². The van der Waals surface area contributed by atoms with Gasteiger partial charge in [0.15, 0.2) is 0 Å². The second kappa shape index (κ2) is 10.3. The van der Waals surface area contributed by atoms with Crippen molar-refractivity contribution in [2.75, 3.05) is 51.8 Å². The van der Waals surface area contributed by atoms with Gasteiger partial charge in [0.1, 0.15) is 11.5 Å². The lowest BCUT2D eigenvalue weighted by Gasteiger charge is -2.34. The molecule has 3 rings (SSSR count). The lowest BCUT2D eigenvalue weighted by Crippen LogP contribution is -2.48. The molecule has 0 bridgehead atoms. The fourth-order valence-electron chi connectivity index (χ4n) is 3.62. The van der Waals surface area contributed by atoms with Crippen molar-refractivity contribution in [1.29, 1.82) is 0 Å². The number of piperazine rings is 1. The van der Waals surface area contributed by atoms with E-state index in [0.29, 0.717) is 18.9 Å². The second-order valence-corrected chi connectivity index (χ2v) is 7.34. The van der Waals surface area contributed by atoms with E-state index in [1.807, 2.05) is 37.3 Å². The van der Waals surface area contributed by atoms with Gasteiger partial charge < -0.3 is 14.8 Å². The predicted octanol–water partition coefficient (Wildman–Crippen LogP) is 3.16. The number of nitrogens with one attached hydrogen (secondary N) is 1. The molecule has 1 fully saturated rings. The fourth-order valence-corrected chi connectivity index (χ4v) is 3.62. The van der Waals surface area contributed by atoms with E-state index < -0.39 is 0 Å². The molecule has 0 spiro atoms. The van der Waals surface area contributed by atoms with E-state index in [1.165, 1.54) is 11.1 Å². The van der Waals surface area contributed by atoms with Gasteiger partial charge in [0, 0.05) is 38.3 Å². The molecule has 1 aliphatic heterocycles. The van der Waals surface area contributed by atoms with Gasteiger partial charge in [-0.1, -0.05) is 29.8 Å². The van der Waals surface area contributed by atoms with Crippen molar-refractivity contribution in [3.05, 3.63) is 53.6 Å². The number of nitrogens with zero attached hydrogens (tertiary/aromatic N) is 2. The number of benzene rings is 2. The average molecular weight is 398 g/mol. The Kier molecular flexibility index (Phi) is 7.49. The first-order valence-corrected chi connectivity index (χ1v) is 10.2. The quantitative estimate of drug-likeness (QED) is 0.742. The molecule has 6 heteroatoms. The highest BCUT2D eigenvalue weighted by atomic mass is 16.5. The van der Waals surface area contributed by atoms with Gasteiger partial charge in [-0.25, -0.2) is 0 Å². The zero-order valence-electron chi connectivity index (χ0n) is 17.6. The van der Waals surface area contributed by atoms with Crippen molar-refractivity contribution >= 4 is 11.6 Å². The number of para-hydroxylation sites is 2. The summed E-state index contributed by atoms with van der Waals surface area (Å²) < 4.78 is 11.1. The summed E-state index contributed by atoms with van der Waals surface area (Å²) in [7, 11) is 1.72. The summed E-state index contributed by atoms with van der Waals surface area (Å²) in [5, 5.41) is 2.98. The zero-order valence-corrected chi connectivity index (χ0v) is 17.6. The minimum Gasteiger partial charge on any atom is -0.496 e. The van der Waals surface area contributed by atoms with Gasteiger partial charge in [-0.2, -0.15) is 0 Å². The Labute approximate surface area is 173 Å². The minimum absolute atomic E-state index is 0.00837. The summed E-state index contributed by atoms with van der Waals surface area (Å²) in [5.74, 6) is 1.64. The number of methoxy groups -OCH3 is 1. The van der Waals surface area contributed by atoms with Gasteiger partial charge in [0.25, 0.3) is 0 Å². The first kappa shape index (κ1) is 21.1. The van der Waals surface area contributed by atoms with Crippen molar-refractivity contribution in [3.63, 3.8) is 0 Å². The molecule has 29 heavy (non-hydrogen) atoms. The van der Waals surface area contributed by atoms with Crippen LogP contribution in [0.1, 0.15) is 18.1 Å². The third-order valence-electron chi connectivity index (χ3n) is 5.12. The number of hydrogen-bond donors (Lipinski definition) is 1. The number of carbonyl (C=O) groups is 1. The van der Waals surface area contributed by atoms with Crippen LogP contribution in [-0.4, -0.2) is 62.1 Å². The lowest BCUT2D eigenvalue weighted by molar-refractivity contribution is -0.117. The highest BCUT2D eigenvalue weighted by molar-refractivity contribution is 5.93. The van der Waals surface area contributed by atoms with Crippen LogP contribution in [0.15, 0.2) is 42.5 Å². The number of anilines is 1. The van der Waals surface area contributed by atoms with Crippen molar-refractivity contribution in [3.8, 4) is 11.5 Å². The van der Waals surface area contributed by atoms with Gasteiger partial charge in [-0.3, -0.25) is 14.6 Å². The number of rotatable bonds is 8. The maximum atomic E-state index is 12.5. The summed E-state index contributed by atoms with van der Waals surface area (Å²) in [6.45, 7) is 9.46. The first-order valence-electron chi connectivity index (χ1n) is 10.2. The summed E-state index contributed by atoms with van der Waals surface area (Å²) in [6, 6.07) is 13.8. The lowest BCUT2D eigenvalue weighted by atomic mass is 10.1. The maximum absolute atomic E-state index is 12.5. The van der Waals surface area contributed by atoms with Crippen LogP contribution < -0.4 is 14.8 Å². The Morgan fingerprint density at radius 1 is 1.03 bits per heavy atom. The van der Waals surface area contributed by atoms with E-state index in [4.69, 9.17) is 9.47 Å². The normalized spacial score (nSPS) is 15.1. The molecule has 1 amide bonds. The smallest absolute Gasteiger partial charge is 0.238 e.